The first-order valence-corrected chi connectivity index (χ1v) is 9.32. The molecule has 0 fully saturated rings. The number of aryl methyl sites for hydroxylation is 1. The molecule has 1 aromatic heterocycles. The lowest BCUT2D eigenvalue weighted by Crippen LogP contribution is -2.22. The number of amides is 1. The number of carbonyl (C=O) groups excluding carboxylic acids is 1. The van der Waals surface area contributed by atoms with Gasteiger partial charge in [-0.2, -0.15) is 0 Å². The fourth-order valence-corrected chi connectivity index (χ4v) is 3.65. The first kappa shape index (κ1) is 17.9. The van der Waals surface area contributed by atoms with Crippen LogP contribution in [0.1, 0.15) is 31.5 Å². The van der Waals surface area contributed by atoms with Gasteiger partial charge in [0.25, 0.3) is 5.91 Å². The van der Waals surface area contributed by atoms with E-state index in [1.807, 2.05) is 55.5 Å². The number of rotatable bonds is 5. The molecule has 0 aliphatic rings. The smallest absolute Gasteiger partial charge is 0.263 e. The van der Waals surface area contributed by atoms with E-state index >= 15 is 0 Å². The van der Waals surface area contributed by atoms with Crippen molar-refractivity contribution >= 4 is 40.4 Å². The molecule has 128 valence electrons. The summed E-state index contributed by atoms with van der Waals surface area (Å²) < 4.78 is 0. The number of carbonyl (C=O) groups is 1. The summed E-state index contributed by atoms with van der Waals surface area (Å²) in [6, 6.07) is 15.1. The number of hydrogen-bond acceptors (Lipinski definition) is 3. The maximum Gasteiger partial charge on any atom is 0.263 e. The molecule has 1 amide bonds. The molecule has 25 heavy (non-hydrogen) atoms. The van der Waals surface area contributed by atoms with E-state index in [1.54, 1.807) is 0 Å². The zero-order valence-electron chi connectivity index (χ0n) is 13.6. The summed E-state index contributed by atoms with van der Waals surface area (Å²) in [5, 5.41) is 5.23. The first-order valence-electron chi connectivity index (χ1n) is 7.74. The van der Waals surface area contributed by atoms with Crippen molar-refractivity contribution < 1.29 is 4.79 Å². The highest BCUT2D eigenvalue weighted by Crippen LogP contribution is 2.22. The molecule has 0 unspecified atom stereocenters. The molecule has 0 spiro atoms. The Morgan fingerprint density at radius 2 is 1.56 bits per heavy atom. The Balaban J connectivity index is 1.65. The lowest BCUT2D eigenvalue weighted by molar-refractivity contribution is 0.0954. The van der Waals surface area contributed by atoms with Gasteiger partial charge < -0.3 is 5.32 Å². The van der Waals surface area contributed by atoms with Crippen LogP contribution in [0.15, 0.2) is 48.5 Å². The maximum absolute atomic E-state index is 12.4. The van der Waals surface area contributed by atoms with Crippen LogP contribution < -0.4 is 5.32 Å². The summed E-state index contributed by atoms with van der Waals surface area (Å²) in [6.45, 7) is 2.32. The fraction of sp³-hybridized carbons (Fsp3) is 0.158. The SMILES string of the molecule is Cc1nc(Cc2ccc(Cl)cc2)sc1C(=O)NCc1ccc(Cl)cc1. The van der Waals surface area contributed by atoms with Gasteiger partial charge in [-0.05, 0) is 42.3 Å². The van der Waals surface area contributed by atoms with Crippen LogP contribution >= 0.6 is 34.5 Å². The molecule has 2 aromatic carbocycles. The minimum absolute atomic E-state index is 0.104. The molecule has 3 rings (SSSR count). The third kappa shape index (κ3) is 4.82. The van der Waals surface area contributed by atoms with Gasteiger partial charge in [-0.1, -0.05) is 47.5 Å². The van der Waals surface area contributed by atoms with E-state index in [-0.39, 0.29) is 5.91 Å². The summed E-state index contributed by atoms with van der Waals surface area (Å²) in [7, 11) is 0. The zero-order chi connectivity index (χ0) is 17.8. The Hall–Kier alpha value is -1.88. The van der Waals surface area contributed by atoms with Gasteiger partial charge in [-0.15, -0.1) is 11.3 Å². The molecule has 0 saturated heterocycles. The molecule has 3 aromatic rings. The highest BCUT2D eigenvalue weighted by molar-refractivity contribution is 7.13. The number of nitrogens with zero attached hydrogens (tertiary/aromatic N) is 1. The summed E-state index contributed by atoms with van der Waals surface area (Å²) in [5.41, 5.74) is 2.87. The minimum Gasteiger partial charge on any atom is -0.347 e. The van der Waals surface area contributed by atoms with Gasteiger partial charge in [-0.3, -0.25) is 4.79 Å². The molecule has 0 atom stereocenters. The predicted octanol–water partition coefficient (Wildman–Crippen LogP) is 5.28. The largest absolute Gasteiger partial charge is 0.347 e. The van der Waals surface area contributed by atoms with Gasteiger partial charge in [0.15, 0.2) is 0 Å². The number of thiazole rings is 1. The molecule has 0 aliphatic heterocycles. The van der Waals surface area contributed by atoms with Crippen LogP contribution in [-0.4, -0.2) is 10.9 Å². The molecular formula is C19H16Cl2N2OS. The molecule has 0 bridgehead atoms. The Morgan fingerprint density at radius 1 is 1.00 bits per heavy atom. The van der Waals surface area contributed by atoms with E-state index in [2.05, 4.69) is 10.3 Å². The van der Waals surface area contributed by atoms with E-state index in [0.717, 1.165) is 21.8 Å². The van der Waals surface area contributed by atoms with Gasteiger partial charge in [-0.25, -0.2) is 4.98 Å². The van der Waals surface area contributed by atoms with Crippen molar-refractivity contribution in [3.8, 4) is 0 Å². The lowest BCUT2D eigenvalue weighted by atomic mass is 10.2. The second kappa shape index (κ2) is 8.00. The molecular weight excluding hydrogens is 375 g/mol. The van der Waals surface area contributed by atoms with Crippen LogP contribution in [0.4, 0.5) is 0 Å². The molecule has 0 saturated carbocycles. The van der Waals surface area contributed by atoms with Gasteiger partial charge >= 0.3 is 0 Å². The minimum atomic E-state index is -0.104. The number of aromatic nitrogens is 1. The third-order valence-corrected chi connectivity index (χ3v) is 5.34. The molecule has 6 heteroatoms. The Labute approximate surface area is 160 Å². The monoisotopic (exact) mass is 390 g/mol. The van der Waals surface area contributed by atoms with Crippen LogP contribution in [0.3, 0.4) is 0 Å². The second-order valence-electron chi connectivity index (χ2n) is 5.63. The van der Waals surface area contributed by atoms with Gasteiger partial charge in [0.2, 0.25) is 0 Å². The Bertz CT molecular complexity index is 873. The van der Waals surface area contributed by atoms with E-state index in [0.29, 0.717) is 27.9 Å². The fourth-order valence-electron chi connectivity index (χ4n) is 2.38. The van der Waals surface area contributed by atoms with E-state index in [4.69, 9.17) is 23.2 Å². The number of halogens is 2. The third-order valence-electron chi connectivity index (χ3n) is 3.68. The van der Waals surface area contributed by atoms with E-state index in [1.165, 1.54) is 11.3 Å². The van der Waals surface area contributed by atoms with E-state index < -0.39 is 0 Å². The number of nitrogens with one attached hydrogen (secondary N) is 1. The van der Waals surface area contributed by atoms with Crippen molar-refractivity contribution in [3.63, 3.8) is 0 Å². The lowest BCUT2D eigenvalue weighted by Gasteiger charge is -2.04. The van der Waals surface area contributed by atoms with Crippen molar-refractivity contribution in [1.82, 2.24) is 10.3 Å². The first-order chi connectivity index (χ1) is 12.0. The molecule has 0 radical (unpaired) electrons. The van der Waals surface area contributed by atoms with Crippen LogP contribution in [0, 0.1) is 6.92 Å². The average molecular weight is 391 g/mol. The van der Waals surface area contributed by atoms with Crippen LogP contribution in [0.5, 0.6) is 0 Å². The molecule has 1 heterocycles. The van der Waals surface area contributed by atoms with Crippen LogP contribution in [0.25, 0.3) is 0 Å². The maximum atomic E-state index is 12.4. The molecule has 0 aliphatic carbocycles. The summed E-state index contributed by atoms with van der Waals surface area (Å²) in [5.74, 6) is -0.104. The summed E-state index contributed by atoms with van der Waals surface area (Å²) in [6.07, 6.45) is 0.688. The van der Waals surface area contributed by atoms with E-state index in [9.17, 15) is 4.79 Å². The van der Waals surface area contributed by atoms with Gasteiger partial charge in [0, 0.05) is 23.0 Å². The highest BCUT2D eigenvalue weighted by atomic mass is 35.5. The number of hydrogen-bond donors (Lipinski definition) is 1. The van der Waals surface area contributed by atoms with Crippen molar-refractivity contribution in [2.24, 2.45) is 0 Å². The van der Waals surface area contributed by atoms with Crippen LogP contribution in [0.2, 0.25) is 10.0 Å². The van der Waals surface area contributed by atoms with Crippen molar-refractivity contribution in [2.75, 3.05) is 0 Å². The molecule has 1 N–H and O–H groups in total. The highest BCUT2D eigenvalue weighted by Gasteiger charge is 2.15. The summed E-state index contributed by atoms with van der Waals surface area (Å²) >= 11 is 13.2. The summed E-state index contributed by atoms with van der Waals surface area (Å²) in [4.78, 5) is 17.6. The van der Waals surface area contributed by atoms with Gasteiger partial charge in [0.05, 0.1) is 10.7 Å². The van der Waals surface area contributed by atoms with Gasteiger partial charge in [0.1, 0.15) is 4.88 Å². The second-order valence-corrected chi connectivity index (χ2v) is 7.59. The Kier molecular flexibility index (Phi) is 5.74. The van der Waals surface area contributed by atoms with Crippen molar-refractivity contribution in [2.45, 2.75) is 19.9 Å². The average Bonchev–Trinajstić information content (AvgIpc) is 2.96. The normalized spacial score (nSPS) is 10.7. The van der Waals surface area contributed by atoms with Crippen molar-refractivity contribution in [1.29, 1.82) is 0 Å². The van der Waals surface area contributed by atoms with Crippen LogP contribution in [-0.2, 0) is 13.0 Å². The van der Waals surface area contributed by atoms with Crippen molar-refractivity contribution in [3.05, 3.63) is 85.3 Å². The number of benzene rings is 2. The standard InChI is InChI=1S/C19H16Cl2N2OS/c1-12-18(19(24)22-11-14-4-8-16(21)9-5-14)25-17(23-12)10-13-2-6-15(20)7-3-13/h2-9H,10-11H2,1H3,(H,22,24). The topological polar surface area (TPSA) is 42.0 Å². The predicted molar refractivity (Wildman–Crippen MR) is 104 cm³/mol. The zero-order valence-corrected chi connectivity index (χ0v) is 15.9. The molecule has 3 nitrogen and oxygen atoms in total. The quantitative estimate of drug-likeness (QED) is 0.643. The Morgan fingerprint density at radius 3 is 2.16 bits per heavy atom.